The van der Waals surface area contributed by atoms with Crippen molar-refractivity contribution in [3.8, 4) is 5.75 Å². The minimum atomic E-state index is -1.21. The molecule has 2 fully saturated rings. The zero-order valence-electron chi connectivity index (χ0n) is 16.9. The molecule has 1 aromatic rings. The molecule has 0 amide bonds. The monoisotopic (exact) mass is 372 g/mol. The average molecular weight is 373 g/mol. The Morgan fingerprint density at radius 1 is 1.33 bits per heavy atom. The van der Waals surface area contributed by atoms with Crippen LogP contribution in [0.4, 0.5) is 0 Å². The molecule has 2 saturated carbocycles. The molecule has 148 valence electrons. The summed E-state index contributed by atoms with van der Waals surface area (Å²) >= 11 is 0. The van der Waals surface area contributed by atoms with Gasteiger partial charge in [-0.1, -0.05) is 33.3 Å². The summed E-state index contributed by atoms with van der Waals surface area (Å²) in [4.78, 5) is 11.3. The van der Waals surface area contributed by atoms with Crippen molar-refractivity contribution >= 4 is 5.97 Å². The molecule has 0 radical (unpaired) electrons. The molecule has 0 aliphatic heterocycles. The standard InChI is InChI=1S/C23H32O4/c1-5-16-6-8-19-21-13(2)10-15-11-17(27-14(3)24)7-9-18(15)23(21,26)20(25)12-22(16,19)4/h7,9,11,13,16,19-21,25-26H,5-6,8,10,12H2,1-4H3/t13-,16+,19+,20+,21+,22-,23-/m1/s1. The Morgan fingerprint density at radius 3 is 2.74 bits per heavy atom. The molecule has 4 rings (SSSR count). The van der Waals surface area contributed by atoms with Crippen LogP contribution in [0.2, 0.25) is 0 Å². The van der Waals surface area contributed by atoms with Crippen molar-refractivity contribution in [2.45, 2.75) is 71.5 Å². The van der Waals surface area contributed by atoms with Crippen molar-refractivity contribution in [2.75, 3.05) is 0 Å². The number of aliphatic hydroxyl groups excluding tert-OH is 1. The predicted octanol–water partition coefficient (Wildman–Crippen LogP) is 3.82. The summed E-state index contributed by atoms with van der Waals surface area (Å²) in [6.07, 6.45) is 4.20. The second-order valence-electron chi connectivity index (χ2n) is 9.46. The zero-order chi connectivity index (χ0) is 19.6. The van der Waals surface area contributed by atoms with Crippen LogP contribution in [-0.2, 0) is 16.8 Å². The molecule has 7 atom stereocenters. The molecule has 0 aromatic heterocycles. The summed E-state index contributed by atoms with van der Waals surface area (Å²) in [7, 11) is 0. The molecule has 0 saturated heterocycles. The van der Waals surface area contributed by atoms with E-state index in [1.807, 2.05) is 12.1 Å². The van der Waals surface area contributed by atoms with E-state index in [1.165, 1.54) is 13.3 Å². The van der Waals surface area contributed by atoms with Crippen molar-refractivity contribution in [1.82, 2.24) is 0 Å². The highest BCUT2D eigenvalue weighted by atomic mass is 16.5. The molecule has 0 heterocycles. The first-order valence-corrected chi connectivity index (χ1v) is 10.4. The molecule has 0 spiro atoms. The van der Waals surface area contributed by atoms with E-state index in [0.717, 1.165) is 30.4 Å². The van der Waals surface area contributed by atoms with Crippen molar-refractivity contribution in [3.63, 3.8) is 0 Å². The Morgan fingerprint density at radius 2 is 2.07 bits per heavy atom. The van der Waals surface area contributed by atoms with Gasteiger partial charge in [0, 0.05) is 12.8 Å². The Kier molecular flexibility index (Phi) is 4.43. The number of rotatable bonds is 2. The summed E-state index contributed by atoms with van der Waals surface area (Å²) in [6.45, 7) is 8.19. The van der Waals surface area contributed by atoms with E-state index in [4.69, 9.17) is 4.74 Å². The van der Waals surface area contributed by atoms with Gasteiger partial charge in [0.25, 0.3) is 0 Å². The van der Waals surface area contributed by atoms with Crippen LogP contribution in [0, 0.1) is 29.1 Å². The Balaban J connectivity index is 1.79. The van der Waals surface area contributed by atoms with Gasteiger partial charge in [0.15, 0.2) is 0 Å². The second-order valence-corrected chi connectivity index (χ2v) is 9.46. The van der Waals surface area contributed by atoms with Crippen LogP contribution in [0.5, 0.6) is 5.75 Å². The van der Waals surface area contributed by atoms with Gasteiger partial charge in [-0.15, -0.1) is 0 Å². The number of ether oxygens (including phenoxy) is 1. The highest BCUT2D eigenvalue weighted by Gasteiger charge is 2.64. The van der Waals surface area contributed by atoms with Gasteiger partial charge < -0.3 is 14.9 Å². The van der Waals surface area contributed by atoms with E-state index in [0.29, 0.717) is 24.0 Å². The first-order chi connectivity index (χ1) is 12.7. The van der Waals surface area contributed by atoms with Crippen LogP contribution in [-0.4, -0.2) is 22.3 Å². The molecule has 3 aliphatic carbocycles. The Bertz CT molecular complexity index is 759. The van der Waals surface area contributed by atoms with E-state index in [1.54, 1.807) is 6.07 Å². The van der Waals surface area contributed by atoms with Gasteiger partial charge in [-0.25, -0.2) is 0 Å². The molecule has 3 aliphatic rings. The fourth-order valence-corrected chi connectivity index (χ4v) is 7.04. The van der Waals surface area contributed by atoms with E-state index in [9.17, 15) is 15.0 Å². The quantitative estimate of drug-likeness (QED) is 0.612. The molecule has 2 N–H and O–H groups in total. The summed E-state index contributed by atoms with van der Waals surface area (Å²) in [5, 5.41) is 23.2. The van der Waals surface area contributed by atoms with Gasteiger partial charge in [-0.2, -0.15) is 0 Å². The van der Waals surface area contributed by atoms with Gasteiger partial charge in [-0.05, 0) is 72.1 Å². The third-order valence-electron chi connectivity index (χ3n) is 8.11. The first kappa shape index (κ1) is 18.9. The van der Waals surface area contributed by atoms with Crippen molar-refractivity contribution < 1.29 is 19.7 Å². The molecular weight excluding hydrogens is 340 g/mol. The Hall–Kier alpha value is -1.39. The van der Waals surface area contributed by atoms with E-state index >= 15 is 0 Å². The number of esters is 1. The third kappa shape index (κ3) is 2.60. The molecular formula is C23H32O4. The molecule has 0 bridgehead atoms. The SMILES string of the molecule is CC[C@H]1CC[C@H]2[C@@H]3[C@H](C)Cc4cc(OC(C)=O)ccc4[C@@]3(O)[C@@H](O)C[C@]12C. The van der Waals surface area contributed by atoms with Gasteiger partial charge in [0.05, 0.1) is 6.10 Å². The van der Waals surface area contributed by atoms with Crippen molar-refractivity contribution in [2.24, 2.45) is 29.1 Å². The number of carbonyl (C=O) groups excluding carboxylic acids is 1. The lowest BCUT2D eigenvalue weighted by molar-refractivity contribution is -0.215. The van der Waals surface area contributed by atoms with Gasteiger partial charge in [0.1, 0.15) is 11.4 Å². The fourth-order valence-electron chi connectivity index (χ4n) is 7.04. The lowest BCUT2D eigenvalue weighted by Gasteiger charge is -2.59. The Labute approximate surface area is 161 Å². The topological polar surface area (TPSA) is 66.8 Å². The van der Waals surface area contributed by atoms with Gasteiger partial charge in [-0.3, -0.25) is 4.79 Å². The number of benzene rings is 1. The fraction of sp³-hybridized carbons (Fsp3) is 0.696. The van der Waals surface area contributed by atoms with Crippen molar-refractivity contribution in [1.29, 1.82) is 0 Å². The molecule has 4 nitrogen and oxygen atoms in total. The first-order valence-electron chi connectivity index (χ1n) is 10.4. The predicted molar refractivity (Wildman–Crippen MR) is 103 cm³/mol. The maximum absolute atomic E-state index is 11.9. The lowest BCUT2D eigenvalue weighted by atomic mass is 9.49. The van der Waals surface area contributed by atoms with E-state index < -0.39 is 11.7 Å². The summed E-state index contributed by atoms with van der Waals surface area (Å²) in [6, 6.07) is 5.48. The highest BCUT2D eigenvalue weighted by molar-refractivity contribution is 5.69. The number of aliphatic hydroxyl groups is 2. The minimum Gasteiger partial charge on any atom is -0.427 e. The maximum Gasteiger partial charge on any atom is 0.308 e. The molecule has 27 heavy (non-hydrogen) atoms. The molecule has 4 heteroatoms. The number of hydrogen-bond acceptors (Lipinski definition) is 4. The van der Waals surface area contributed by atoms with Crippen LogP contribution in [0.1, 0.15) is 64.5 Å². The summed E-state index contributed by atoms with van der Waals surface area (Å²) in [5.74, 6) is 1.56. The zero-order valence-corrected chi connectivity index (χ0v) is 16.9. The van der Waals surface area contributed by atoms with Crippen LogP contribution in [0.25, 0.3) is 0 Å². The maximum atomic E-state index is 11.9. The number of hydrogen-bond donors (Lipinski definition) is 2. The number of carbonyl (C=O) groups is 1. The van der Waals surface area contributed by atoms with Crippen LogP contribution < -0.4 is 4.74 Å². The average Bonchev–Trinajstić information content (AvgIpc) is 2.90. The highest BCUT2D eigenvalue weighted by Crippen LogP contribution is 2.65. The van der Waals surface area contributed by atoms with E-state index in [2.05, 4.69) is 20.8 Å². The van der Waals surface area contributed by atoms with Crippen LogP contribution >= 0.6 is 0 Å². The second kappa shape index (κ2) is 6.31. The van der Waals surface area contributed by atoms with E-state index in [-0.39, 0.29) is 23.2 Å². The van der Waals surface area contributed by atoms with Crippen molar-refractivity contribution in [3.05, 3.63) is 29.3 Å². The van der Waals surface area contributed by atoms with Crippen LogP contribution in [0.3, 0.4) is 0 Å². The summed E-state index contributed by atoms with van der Waals surface area (Å²) in [5.41, 5.74) is 0.715. The number of fused-ring (bicyclic) bond motifs is 5. The molecule has 1 aromatic carbocycles. The third-order valence-corrected chi connectivity index (χ3v) is 8.11. The smallest absolute Gasteiger partial charge is 0.308 e. The van der Waals surface area contributed by atoms with Crippen LogP contribution in [0.15, 0.2) is 18.2 Å². The normalized spacial score (nSPS) is 42.8. The van der Waals surface area contributed by atoms with Gasteiger partial charge >= 0.3 is 5.97 Å². The lowest BCUT2D eigenvalue weighted by Crippen LogP contribution is -2.61. The molecule has 0 unspecified atom stereocenters. The summed E-state index contributed by atoms with van der Waals surface area (Å²) < 4.78 is 5.24. The minimum absolute atomic E-state index is 0.0647. The van der Waals surface area contributed by atoms with Gasteiger partial charge in [0.2, 0.25) is 0 Å². The largest absolute Gasteiger partial charge is 0.427 e.